The van der Waals surface area contributed by atoms with Gasteiger partial charge in [-0.05, 0) is 25.5 Å². The summed E-state index contributed by atoms with van der Waals surface area (Å²) >= 11 is 1.52. The molecule has 0 fully saturated rings. The second-order valence-electron chi connectivity index (χ2n) is 4.44. The van der Waals surface area contributed by atoms with Gasteiger partial charge in [-0.25, -0.2) is 9.97 Å². The van der Waals surface area contributed by atoms with E-state index in [2.05, 4.69) is 40.2 Å². The van der Waals surface area contributed by atoms with E-state index < -0.39 is 0 Å². The maximum absolute atomic E-state index is 8.70. The maximum atomic E-state index is 8.70. The minimum Gasteiger partial charge on any atom is -0.409 e. The Hall–Kier alpha value is -2.08. The quantitative estimate of drug-likeness (QED) is 0.225. The molecule has 0 spiro atoms. The fourth-order valence-corrected chi connectivity index (χ4v) is 2.58. The average Bonchev–Trinajstić information content (AvgIpc) is 2.44. The third-order valence-corrected chi connectivity index (χ3v) is 3.57. The van der Waals surface area contributed by atoms with Gasteiger partial charge in [0, 0.05) is 11.4 Å². The molecule has 0 amide bonds. The van der Waals surface area contributed by atoms with Gasteiger partial charge in [-0.3, -0.25) is 0 Å². The van der Waals surface area contributed by atoms with Crippen LogP contribution in [0.25, 0.3) is 0 Å². The van der Waals surface area contributed by atoms with E-state index >= 15 is 0 Å². The predicted octanol–water partition coefficient (Wildman–Crippen LogP) is 2.48. The molecule has 6 heteroatoms. The summed E-state index contributed by atoms with van der Waals surface area (Å²) in [7, 11) is 0. The second-order valence-corrected chi connectivity index (χ2v) is 5.38. The highest BCUT2D eigenvalue weighted by atomic mass is 32.2. The zero-order valence-electron chi connectivity index (χ0n) is 11.4. The van der Waals surface area contributed by atoms with Crippen LogP contribution >= 0.6 is 11.8 Å². The molecule has 104 valence electrons. The minimum atomic E-state index is -0.00657. The van der Waals surface area contributed by atoms with E-state index in [4.69, 9.17) is 10.9 Å². The van der Waals surface area contributed by atoms with E-state index in [1.165, 1.54) is 22.9 Å². The summed E-state index contributed by atoms with van der Waals surface area (Å²) in [6.07, 6.45) is 0. The van der Waals surface area contributed by atoms with Crippen molar-refractivity contribution in [3.8, 4) is 0 Å². The Bertz CT molecular complexity index is 643. The van der Waals surface area contributed by atoms with Crippen LogP contribution in [-0.2, 0) is 5.75 Å². The lowest BCUT2D eigenvalue weighted by atomic mass is 10.2. The van der Waals surface area contributed by atoms with Crippen molar-refractivity contribution in [2.24, 2.45) is 10.9 Å². The summed E-state index contributed by atoms with van der Waals surface area (Å²) in [6.45, 7) is 3.92. The fraction of sp³-hybridized carbons (Fsp3) is 0.214. The van der Waals surface area contributed by atoms with Crippen molar-refractivity contribution in [1.29, 1.82) is 0 Å². The van der Waals surface area contributed by atoms with Crippen LogP contribution in [0, 0.1) is 13.8 Å². The van der Waals surface area contributed by atoms with Gasteiger partial charge in [-0.1, -0.05) is 46.7 Å². The van der Waals surface area contributed by atoms with Gasteiger partial charge in [-0.2, -0.15) is 0 Å². The zero-order valence-corrected chi connectivity index (χ0v) is 12.2. The van der Waals surface area contributed by atoms with Crippen LogP contribution in [0.4, 0.5) is 0 Å². The first-order valence-corrected chi connectivity index (χ1v) is 7.09. The Morgan fingerprint density at radius 1 is 1.30 bits per heavy atom. The molecule has 1 heterocycles. The molecule has 0 radical (unpaired) electrons. The van der Waals surface area contributed by atoms with Crippen molar-refractivity contribution in [2.45, 2.75) is 24.8 Å². The maximum Gasteiger partial charge on any atom is 0.188 e. The van der Waals surface area contributed by atoms with Gasteiger partial charge in [0.1, 0.15) is 5.69 Å². The molecule has 0 saturated carbocycles. The molecule has 3 N–H and O–H groups in total. The molecule has 0 aliphatic heterocycles. The zero-order chi connectivity index (χ0) is 14.5. The topological polar surface area (TPSA) is 84.4 Å². The van der Waals surface area contributed by atoms with E-state index in [1.807, 2.05) is 13.0 Å². The van der Waals surface area contributed by atoms with Crippen molar-refractivity contribution >= 4 is 17.6 Å². The number of hydrogen-bond acceptors (Lipinski definition) is 5. The first-order valence-electron chi connectivity index (χ1n) is 6.10. The lowest BCUT2D eigenvalue weighted by Crippen LogP contribution is -2.16. The van der Waals surface area contributed by atoms with Gasteiger partial charge in [0.05, 0.1) is 0 Å². The second kappa shape index (κ2) is 6.38. The summed E-state index contributed by atoms with van der Waals surface area (Å²) in [5.41, 5.74) is 9.22. The van der Waals surface area contributed by atoms with Gasteiger partial charge >= 0.3 is 0 Å². The van der Waals surface area contributed by atoms with E-state index in [0.29, 0.717) is 10.9 Å². The molecule has 2 rings (SSSR count). The highest BCUT2D eigenvalue weighted by Gasteiger charge is 2.07. The first kappa shape index (κ1) is 14.3. The molecule has 1 aromatic heterocycles. The normalized spacial score (nSPS) is 11.6. The number of aryl methyl sites for hydroxylation is 2. The van der Waals surface area contributed by atoms with E-state index in [9.17, 15) is 0 Å². The van der Waals surface area contributed by atoms with E-state index in [-0.39, 0.29) is 5.84 Å². The van der Waals surface area contributed by atoms with Crippen LogP contribution in [-0.4, -0.2) is 21.0 Å². The molecular formula is C14H16N4OS. The Balaban J connectivity index is 2.15. The molecule has 0 aliphatic rings. The van der Waals surface area contributed by atoms with Gasteiger partial charge in [-0.15, -0.1) is 0 Å². The van der Waals surface area contributed by atoms with Crippen LogP contribution < -0.4 is 5.73 Å². The van der Waals surface area contributed by atoms with Crippen molar-refractivity contribution in [2.75, 3.05) is 0 Å². The smallest absolute Gasteiger partial charge is 0.188 e. The SMILES string of the molecule is Cc1cccc(CSc2nc(C)cc(/C(N)=N/O)n2)c1. The lowest BCUT2D eigenvalue weighted by Gasteiger charge is -2.05. The lowest BCUT2D eigenvalue weighted by molar-refractivity contribution is 0.318. The number of aromatic nitrogens is 2. The van der Waals surface area contributed by atoms with Gasteiger partial charge in [0.15, 0.2) is 11.0 Å². The van der Waals surface area contributed by atoms with Crippen LogP contribution in [0.1, 0.15) is 22.5 Å². The number of nitrogens with two attached hydrogens (primary N) is 1. The molecule has 0 saturated heterocycles. The van der Waals surface area contributed by atoms with E-state index in [1.54, 1.807) is 6.07 Å². The molecule has 1 aromatic carbocycles. The van der Waals surface area contributed by atoms with Crippen molar-refractivity contribution in [3.63, 3.8) is 0 Å². The average molecular weight is 288 g/mol. The Kier molecular flexibility index (Phi) is 4.57. The van der Waals surface area contributed by atoms with Crippen LogP contribution in [0.3, 0.4) is 0 Å². The summed E-state index contributed by atoms with van der Waals surface area (Å²) < 4.78 is 0. The number of nitrogens with zero attached hydrogens (tertiary/aromatic N) is 3. The third kappa shape index (κ3) is 3.71. The number of oxime groups is 1. The van der Waals surface area contributed by atoms with Gasteiger partial charge in [0.25, 0.3) is 0 Å². The Morgan fingerprint density at radius 3 is 2.80 bits per heavy atom. The molecule has 0 unspecified atom stereocenters. The standard InChI is InChI=1S/C14H16N4OS/c1-9-4-3-5-11(6-9)8-20-14-16-10(2)7-12(17-14)13(15)18-19/h3-7,19H,8H2,1-2H3,(H2,15,18). The molecule has 0 bridgehead atoms. The highest BCUT2D eigenvalue weighted by Crippen LogP contribution is 2.20. The van der Waals surface area contributed by atoms with Gasteiger partial charge in [0.2, 0.25) is 0 Å². The van der Waals surface area contributed by atoms with Crippen molar-refractivity contribution < 1.29 is 5.21 Å². The van der Waals surface area contributed by atoms with Crippen molar-refractivity contribution in [3.05, 3.63) is 52.8 Å². The number of amidine groups is 1. The molecule has 2 aromatic rings. The fourth-order valence-electron chi connectivity index (χ4n) is 1.74. The predicted molar refractivity (Wildman–Crippen MR) is 80.0 cm³/mol. The van der Waals surface area contributed by atoms with Crippen molar-refractivity contribution in [1.82, 2.24) is 9.97 Å². The number of thioether (sulfide) groups is 1. The molecule has 5 nitrogen and oxygen atoms in total. The first-order chi connectivity index (χ1) is 9.58. The third-order valence-electron chi connectivity index (χ3n) is 2.65. The largest absolute Gasteiger partial charge is 0.409 e. The minimum absolute atomic E-state index is 0.00657. The van der Waals surface area contributed by atoms with Crippen LogP contribution in [0.5, 0.6) is 0 Å². The monoisotopic (exact) mass is 288 g/mol. The summed E-state index contributed by atoms with van der Waals surface area (Å²) in [5, 5.41) is 12.3. The highest BCUT2D eigenvalue weighted by molar-refractivity contribution is 7.98. The molecule has 20 heavy (non-hydrogen) atoms. The number of rotatable bonds is 4. The molecular weight excluding hydrogens is 272 g/mol. The van der Waals surface area contributed by atoms with Crippen LogP contribution in [0.2, 0.25) is 0 Å². The summed E-state index contributed by atoms with van der Waals surface area (Å²) in [6, 6.07) is 9.98. The molecule has 0 aliphatic carbocycles. The van der Waals surface area contributed by atoms with E-state index in [0.717, 1.165) is 11.4 Å². The van der Waals surface area contributed by atoms with Crippen LogP contribution in [0.15, 0.2) is 40.6 Å². The van der Waals surface area contributed by atoms with Gasteiger partial charge < -0.3 is 10.9 Å². The molecule has 0 atom stereocenters. The number of hydrogen-bond donors (Lipinski definition) is 2. The number of benzene rings is 1. The Morgan fingerprint density at radius 2 is 2.10 bits per heavy atom. The Labute approximate surface area is 121 Å². The summed E-state index contributed by atoms with van der Waals surface area (Å²) in [4.78, 5) is 8.63. The summed E-state index contributed by atoms with van der Waals surface area (Å²) in [5.74, 6) is 0.772.